The lowest BCUT2D eigenvalue weighted by Gasteiger charge is -2.09. The van der Waals surface area contributed by atoms with Gasteiger partial charge in [0.2, 0.25) is 5.91 Å². The van der Waals surface area contributed by atoms with Gasteiger partial charge in [-0.1, -0.05) is 25.4 Å². The van der Waals surface area contributed by atoms with E-state index in [4.69, 9.17) is 11.6 Å². The number of aryl methyl sites for hydroxylation is 1. The Labute approximate surface area is 174 Å². The number of hydrogen-bond donors (Lipinski definition) is 1. The van der Waals surface area contributed by atoms with E-state index < -0.39 is 0 Å². The van der Waals surface area contributed by atoms with E-state index in [1.54, 1.807) is 49.1 Å². The minimum Gasteiger partial charge on any atom is -0.339 e. The van der Waals surface area contributed by atoms with Crippen LogP contribution in [0.3, 0.4) is 0 Å². The Bertz CT molecular complexity index is 873. The number of benzene rings is 1. The van der Waals surface area contributed by atoms with Gasteiger partial charge in [0.25, 0.3) is 5.24 Å². The first-order chi connectivity index (χ1) is 13.2. The summed E-state index contributed by atoms with van der Waals surface area (Å²) in [6.45, 7) is 6.78. The average Bonchev–Trinajstić information content (AvgIpc) is 2.87. The zero-order valence-electron chi connectivity index (χ0n) is 16.7. The largest absolute Gasteiger partial charge is 0.339 e. The molecule has 28 heavy (non-hydrogen) atoms. The fraction of sp³-hybridized carbons (Fsp3) is 0.350. The molecule has 2 aromatic rings. The van der Waals surface area contributed by atoms with E-state index in [-0.39, 0.29) is 11.1 Å². The highest BCUT2D eigenvalue weighted by Crippen LogP contribution is 2.24. The molecular weight excluding hydrogens is 396 g/mol. The van der Waals surface area contributed by atoms with Gasteiger partial charge in [0.15, 0.2) is 0 Å². The molecule has 0 radical (unpaired) electrons. The summed E-state index contributed by atoms with van der Waals surface area (Å²) >= 11 is 7.52. The number of carbonyl (C=O) groups is 2. The average molecular weight is 421 g/mol. The van der Waals surface area contributed by atoms with Crippen LogP contribution in [0.4, 0.5) is 10.5 Å². The number of carbonyl (C=O) groups excluding carboxylic acids is 2. The van der Waals surface area contributed by atoms with Crippen molar-refractivity contribution in [1.29, 1.82) is 0 Å². The van der Waals surface area contributed by atoms with Crippen LogP contribution in [0, 0.1) is 12.8 Å². The van der Waals surface area contributed by atoms with Crippen molar-refractivity contribution in [2.45, 2.75) is 32.2 Å². The number of hydrogen-bond acceptors (Lipinski definition) is 4. The maximum Gasteiger partial charge on any atom is 0.285 e. The lowest BCUT2D eigenvalue weighted by molar-refractivity contribution is -0.111. The van der Waals surface area contributed by atoms with Gasteiger partial charge in [0.1, 0.15) is 5.15 Å². The van der Waals surface area contributed by atoms with Crippen LogP contribution >= 0.6 is 23.4 Å². The molecule has 2 amide bonds. The standard InChI is InChI=1S/C20H25ClN4O2S/c1-13(2)12-25-19(21)17(14(3)23-25)10-11-18(26)22-15-6-8-16(9-7-15)28-20(27)24(4)5/h6-11,13H,12H2,1-5H3,(H,22,26)/b11-10+. The van der Waals surface area contributed by atoms with Gasteiger partial charge in [-0.2, -0.15) is 5.10 Å². The summed E-state index contributed by atoms with van der Waals surface area (Å²) in [7, 11) is 3.41. The normalized spacial score (nSPS) is 11.2. The van der Waals surface area contributed by atoms with E-state index in [9.17, 15) is 9.59 Å². The van der Waals surface area contributed by atoms with Gasteiger partial charge in [-0.3, -0.25) is 14.3 Å². The molecule has 0 aliphatic carbocycles. The van der Waals surface area contributed by atoms with E-state index >= 15 is 0 Å². The van der Waals surface area contributed by atoms with Crippen LogP contribution in [-0.4, -0.2) is 39.9 Å². The Morgan fingerprint density at radius 3 is 2.50 bits per heavy atom. The summed E-state index contributed by atoms with van der Waals surface area (Å²) in [6.07, 6.45) is 3.12. The molecule has 6 nitrogen and oxygen atoms in total. The highest BCUT2D eigenvalue weighted by atomic mass is 35.5. The highest BCUT2D eigenvalue weighted by molar-refractivity contribution is 8.13. The van der Waals surface area contributed by atoms with E-state index in [1.165, 1.54) is 11.0 Å². The summed E-state index contributed by atoms with van der Waals surface area (Å²) in [6, 6.07) is 7.11. The van der Waals surface area contributed by atoms with Gasteiger partial charge in [0.05, 0.1) is 5.69 Å². The number of nitrogens with zero attached hydrogens (tertiary/aromatic N) is 3. The Kier molecular flexibility index (Phi) is 7.71. The van der Waals surface area contributed by atoms with Gasteiger partial charge >= 0.3 is 0 Å². The molecular formula is C20H25ClN4O2S. The minimum absolute atomic E-state index is 0.0509. The van der Waals surface area contributed by atoms with Crippen molar-refractivity contribution in [2.24, 2.45) is 5.92 Å². The third-order valence-corrected chi connectivity index (χ3v) is 5.19. The molecule has 0 saturated heterocycles. The predicted octanol–water partition coefficient (Wildman–Crippen LogP) is 4.93. The molecule has 0 spiro atoms. The number of nitrogens with one attached hydrogen (secondary N) is 1. The molecule has 0 aliphatic rings. The number of amides is 2. The lowest BCUT2D eigenvalue weighted by atomic mass is 10.2. The molecule has 150 valence electrons. The second-order valence-electron chi connectivity index (χ2n) is 6.98. The van der Waals surface area contributed by atoms with Crippen molar-refractivity contribution in [1.82, 2.24) is 14.7 Å². The number of halogens is 1. The fourth-order valence-electron chi connectivity index (χ4n) is 2.36. The zero-order valence-corrected chi connectivity index (χ0v) is 18.3. The zero-order chi connectivity index (χ0) is 20.8. The van der Waals surface area contributed by atoms with Crippen LogP contribution in [0.5, 0.6) is 0 Å². The van der Waals surface area contributed by atoms with Crippen molar-refractivity contribution < 1.29 is 9.59 Å². The molecule has 1 N–H and O–H groups in total. The molecule has 2 rings (SSSR count). The van der Waals surface area contributed by atoms with Crippen molar-refractivity contribution in [3.8, 4) is 0 Å². The molecule has 0 fully saturated rings. The number of rotatable bonds is 6. The SMILES string of the molecule is Cc1nn(CC(C)C)c(Cl)c1/C=C/C(=O)Nc1ccc(SC(=O)N(C)C)cc1. The molecule has 0 aliphatic heterocycles. The first-order valence-corrected chi connectivity index (χ1v) is 10.1. The molecule has 8 heteroatoms. The topological polar surface area (TPSA) is 67.2 Å². The van der Waals surface area contributed by atoms with Crippen molar-refractivity contribution in [3.05, 3.63) is 46.8 Å². The molecule has 0 atom stereocenters. The Balaban J connectivity index is 2.00. The number of thioether (sulfide) groups is 1. The second-order valence-corrected chi connectivity index (χ2v) is 8.36. The summed E-state index contributed by atoms with van der Waals surface area (Å²) in [5.74, 6) is 0.155. The van der Waals surface area contributed by atoms with Crippen LogP contribution < -0.4 is 5.32 Å². The summed E-state index contributed by atoms with van der Waals surface area (Å²) in [5, 5.41) is 7.70. The van der Waals surface area contributed by atoms with Gasteiger partial charge in [-0.05, 0) is 54.9 Å². The minimum atomic E-state index is -0.267. The van der Waals surface area contributed by atoms with Gasteiger partial charge in [-0.15, -0.1) is 0 Å². The smallest absolute Gasteiger partial charge is 0.285 e. The van der Waals surface area contributed by atoms with E-state index in [0.29, 0.717) is 16.8 Å². The monoisotopic (exact) mass is 420 g/mol. The van der Waals surface area contributed by atoms with Crippen LogP contribution in [0.1, 0.15) is 25.1 Å². The number of aromatic nitrogens is 2. The van der Waals surface area contributed by atoms with Crippen molar-refractivity contribution in [2.75, 3.05) is 19.4 Å². The maximum absolute atomic E-state index is 12.2. The quantitative estimate of drug-likeness (QED) is 0.531. The van der Waals surface area contributed by atoms with Crippen molar-refractivity contribution in [3.63, 3.8) is 0 Å². The number of anilines is 1. The lowest BCUT2D eigenvalue weighted by Crippen LogP contribution is -2.16. The first kappa shape index (κ1) is 22.0. The van der Waals surface area contributed by atoms with Gasteiger partial charge < -0.3 is 10.2 Å². The van der Waals surface area contributed by atoms with Crippen LogP contribution in [0.2, 0.25) is 5.15 Å². The summed E-state index contributed by atoms with van der Waals surface area (Å²) < 4.78 is 1.75. The molecule has 0 bridgehead atoms. The second kappa shape index (κ2) is 9.80. The van der Waals surface area contributed by atoms with Crippen LogP contribution in [0.15, 0.2) is 35.2 Å². The Morgan fingerprint density at radius 1 is 1.29 bits per heavy atom. The third kappa shape index (κ3) is 6.14. The van der Waals surface area contributed by atoms with Crippen LogP contribution in [0.25, 0.3) is 6.08 Å². The van der Waals surface area contributed by atoms with E-state index in [0.717, 1.165) is 34.5 Å². The summed E-state index contributed by atoms with van der Waals surface area (Å²) in [4.78, 5) is 26.2. The maximum atomic E-state index is 12.2. The Morgan fingerprint density at radius 2 is 1.93 bits per heavy atom. The predicted molar refractivity (Wildman–Crippen MR) is 116 cm³/mol. The highest BCUT2D eigenvalue weighted by Gasteiger charge is 2.12. The van der Waals surface area contributed by atoms with Crippen LogP contribution in [-0.2, 0) is 11.3 Å². The van der Waals surface area contributed by atoms with E-state index in [1.807, 2.05) is 6.92 Å². The van der Waals surface area contributed by atoms with Crippen molar-refractivity contribution >= 4 is 46.3 Å². The fourth-order valence-corrected chi connectivity index (χ4v) is 3.33. The van der Waals surface area contributed by atoms with E-state index in [2.05, 4.69) is 24.3 Å². The molecule has 0 unspecified atom stereocenters. The van der Waals surface area contributed by atoms with Gasteiger partial charge in [-0.25, -0.2) is 0 Å². The van der Waals surface area contributed by atoms with Gasteiger partial charge in [0, 0.05) is 42.9 Å². The molecule has 1 aromatic carbocycles. The summed E-state index contributed by atoms with van der Waals surface area (Å²) in [5.41, 5.74) is 2.17. The molecule has 1 heterocycles. The first-order valence-electron chi connectivity index (χ1n) is 8.88. The molecule has 1 aromatic heterocycles. The Hall–Kier alpha value is -2.25. The molecule has 0 saturated carbocycles. The third-order valence-electron chi connectivity index (χ3n) is 3.74.